The fourth-order valence-corrected chi connectivity index (χ4v) is 3.27. The number of amides is 1. The molecule has 6 heteroatoms. The minimum Gasteiger partial charge on any atom is -0.483 e. The van der Waals surface area contributed by atoms with Crippen LogP contribution in [0.15, 0.2) is 94.6 Å². The van der Waals surface area contributed by atoms with Gasteiger partial charge in [-0.3, -0.25) is 4.79 Å². The van der Waals surface area contributed by atoms with Gasteiger partial charge >= 0.3 is 0 Å². The SMILES string of the molecule is O=C(COc1cccc2ccccc12)N/N=C/c1cccn1-c1ccc(Br)cc1. The van der Waals surface area contributed by atoms with Crippen molar-refractivity contribution in [2.24, 2.45) is 5.10 Å². The lowest BCUT2D eigenvalue weighted by atomic mass is 10.1. The molecular weight excluding hydrogens is 430 g/mol. The molecule has 0 fully saturated rings. The molecule has 4 rings (SSSR count). The second kappa shape index (κ2) is 8.75. The topological polar surface area (TPSA) is 55.6 Å². The summed E-state index contributed by atoms with van der Waals surface area (Å²) in [4.78, 5) is 12.1. The number of hydrazone groups is 1. The molecule has 0 bridgehead atoms. The molecule has 1 aromatic heterocycles. The van der Waals surface area contributed by atoms with Crippen LogP contribution in [0.1, 0.15) is 5.69 Å². The molecule has 0 spiro atoms. The molecule has 5 nitrogen and oxygen atoms in total. The van der Waals surface area contributed by atoms with Crippen molar-refractivity contribution in [3.05, 3.63) is 95.2 Å². The van der Waals surface area contributed by atoms with Gasteiger partial charge in [-0.2, -0.15) is 5.10 Å². The number of carbonyl (C=O) groups excluding carboxylic acids is 1. The van der Waals surface area contributed by atoms with E-state index in [9.17, 15) is 4.79 Å². The van der Waals surface area contributed by atoms with Gasteiger partial charge in [0, 0.05) is 21.7 Å². The minimum atomic E-state index is -0.323. The van der Waals surface area contributed by atoms with Gasteiger partial charge in [-0.25, -0.2) is 5.43 Å². The maximum atomic E-state index is 12.1. The molecule has 29 heavy (non-hydrogen) atoms. The molecular formula is C23H18BrN3O2. The predicted molar refractivity (Wildman–Crippen MR) is 119 cm³/mol. The summed E-state index contributed by atoms with van der Waals surface area (Å²) in [6.45, 7) is -0.112. The lowest BCUT2D eigenvalue weighted by Crippen LogP contribution is -2.24. The Balaban J connectivity index is 1.37. The molecule has 1 heterocycles. The van der Waals surface area contributed by atoms with Crippen LogP contribution >= 0.6 is 15.9 Å². The third-order valence-electron chi connectivity index (χ3n) is 4.38. The van der Waals surface area contributed by atoms with Crippen LogP contribution < -0.4 is 10.2 Å². The van der Waals surface area contributed by atoms with Gasteiger partial charge in [0.15, 0.2) is 6.61 Å². The molecule has 0 saturated carbocycles. The van der Waals surface area contributed by atoms with Crippen molar-refractivity contribution in [1.29, 1.82) is 0 Å². The number of benzene rings is 3. The molecule has 0 atom stereocenters. The highest BCUT2D eigenvalue weighted by Crippen LogP contribution is 2.24. The molecule has 0 aliphatic carbocycles. The highest BCUT2D eigenvalue weighted by Gasteiger charge is 2.05. The number of aromatic nitrogens is 1. The van der Waals surface area contributed by atoms with Crippen LogP contribution in [0, 0.1) is 0 Å². The Hall–Kier alpha value is -3.38. The first-order valence-corrected chi connectivity index (χ1v) is 9.86. The van der Waals surface area contributed by atoms with Crippen molar-refractivity contribution in [1.82, 2.24) is 9.99 Å². The summed E-state index contributed by atoms with van der Waals surface area (Å²) in [6, 6.07) is 25.4. The highest BCUT2D eigenvalue weighted by molar-refractivity contribution is 9.10. The summed E-state index contributed by atoms with van der Waals surface area (Å²) in [5.74, 6) is 0.349. The van der Waals surface area contributed by atoms with Gasteiger partial charge in [-0.15, -0.1) is 0 Å². The molecule has 0 unspecified atom stereocenters. The van der Waals surface area contributed by atoms with Crippen molar-refractivity contribution in [2.75, 3.05) is 6.61 Å². The minimum absolute atomic E-state index is 0.112. The highest BCUT2D eigenvalue weighted by atomic mass is 79.9. The number of nitrogens with zero attached hydrogens (tertiary/aromatic N) is 2. The largest absolute Gasteiger partial charge is 0.483 e. The molecule has 0 saturated heterocycles. The molecule has 0 aliphatic rings. The van der Waals surface area contributed by atoms with E-state index in [0.717, 1.165) is 26.6 Å². The summed E-state index contributed by atoms with van der Waals surface area (Å²) in [7, 11) is 0. The van der Waals surface area contributed by atoms with E-state index in [1.807, 2.05) is 89.6 Å². The normalized spacial score (nSPS) is 11.1. The van der Waals surface area contributed by atoms with Crippen molar-refractivity contribution in [3.8, 4) is 11.4 Å². The second-order valence-electron chi connectivity index (χ2n) is 6.34. The zero-order valence-electron chi connectivity index (χ0n) is 15.5. The van der Waals surface area contributed by atoms with Crippen LogP contribution in [0.2, 0.25) is 0 Å². The Kier molecular flexibility index (Phi) is 5.72. The average molecular weight is 448 g/mol. The van der Waals surface area contributed by atoms with Gasteiger partial charge in [0.05, 0.1) is 11.9 Å². The fourth-order valence-electron chi connectivity index (χ4n) is 3.00. The smallest absolute Gasteiger partial charge is 0.277 e. The number of halogens is 1. The van der Waals surface area contributed by atoms with Crippen molar-refractivity contribution < 1.29 is 9.53 Å². The van der Waals surface area contributed by atoms with E-state index in [2.05, 4.69) is 26.5 Å². The molecule has 0 aliphatic heterocycles. The molecule has 0 radical (unpaired) electrons. The van der Waals surface area contributed by atoms with Crippen molar-refractivity contribution in [3.63, 3.8) is 0 Å². The summed E-state index contributed by atoms with van der Waals surface area (Å²) in [5.41, 5.74) is 4.37. The molecule has 1 amide bonds. The van der Waals surface area contributed by atoms with Gasteiger partial charge < -0.3 is 9.30 Å². The molecule has 144 valence electrons. The third-order valence-corrected chi connectivity index (χ3v) is 4.91. The van der Waals surface area contributed by atoms with Crippen LogP contribution in [0.25, 0.3) is 16.5 Å². The fraction of sp³-hybridized carbons (Fsp3) is 0.0435. The van der Waals surface area contributed by atoms with Crippen molar-refractivity contribution >= 4 is 38.8 Å². The molecule has 1 N–H and O–H groups in total. The summed E-state index contributed by atoms with van der Waals surface area (Å²) in [6.07, 6.45) is 3.55. The van der Waals surface area contributed by atoms with Gasteiger partial charge in [-0.1, -0.05) is 52.3 Å². The first-order chi connectivity index (χ1) is 14.2. The van der Waals surface area contributed by atoms with Crippen LogP contribution in [0.4, 0.5) is 0 Å². The molecule has 4 aromatic rings. The standard InChI is InChI=1S/C23H18BrN3O2/c24-18-10-12-19(13-11-18)27-14-4-7-20(27)15-25-26-23(28)16-29-22-9-3-6-17-5-1-2-8-21(17)22/h1-15H,16H2,(H,26,28)/b25-15+. The van der Waals surface area contributed by atoms with Gasteiger partial charge in [0.25, 0.3) is 5.91 Å². The van der Waals surface area contributed by atoms with E-state index in [4.69, 9.17) is 4.74 Å². The lowest BCUT2D eigenvalue weighted by molar-refractivity contribution is -0.123. The number of carbonyl (C=O) groups is 1. The Bertz CT molecular complexity index is 1160. The maximum Gasteiger partial charge on any atom is 0.277 e. The zero-order chi connectivity index (χ0) is 20.1. The first-order valence-electron chi connectivity index (χ1n) is 9.06. The number of hydrogen-bond donors (Lipinski definition) is 1. The summed E-state index contributed by atoms with van der Waals surface area (Å²) < 4.78 is 8.67. The van der Waals surface area contributed by atoms with Gasteiger partial charge in [0.2, 0.25) is 0 Å². The van der Waals surface area contributed by atoms with Crippen LogP contribution in [-0.4, -0.2) is 23.3 Å². The van der Waals surface area contributed by atoms with Crippen LogP contribution in [0.5, 0.6) is 5.75 Å². The summed E-state index contributed by atoms with van der Waals surface area (Å²) >= 11 is 3.43. The Morgan fingerprint density at radius 3 is 2.66 bits per heavy atom. The van der Waals surface area contributed by atoms with E-state index in [1.54, 1.807) is 6.21 Å². The van der Waals surface area contributed by atoms with Gasteiger partial charge in [0.1, 0.15) is 5.75 Å². The molecule has 3 aromatic carbocycles. The number of ether oxygens (including phenoxy) is 1. The van der Waals surface area contributed by atoms with E-state index >= 15 is 0 Å². The average Bonchev–Trinajstić information content (AvgIpc) is 3.21. The monoisotopic (exact) mass is 447 g/mol. The van der Waals surface area contributed by atoms with E-state index in [-0.39, 0.29) is 12.5 Å². The van der Waals surface area contributed by atoms with Gasteiger partial charge in [-0.05, 0) is 47.9 Å². The van der Waals surface area contributed by atoms with Crippen LogP contribution in [0.3, 0.4) is 0 Å². The van der Waals surface area contributed by atoms with E-state index < -0.39 is 0 Å². The van der Waals surface area contributed by atoms with E-state index in [0.29, 0.717) is 5.75 Å². The number of fused-ring (bicyclic) bond motifs is 1. The third kappa shape index (κ3) is 4.55. The number of nitrogens with one attached hydrogen (secondary N) is 1. The quantitative estimate of drug-likeness (QED) is 0.336. The Morgan fingerprint density at radius 2 is 1.79 bits per heavy atom. The van der Waals surface area contributed by atoms with Crippen molar-refractivity contribution in [2.45, 2.75) is 0 Å². The number of rotatable bonds is 6. The lowest BCUT2D eigenvalue weighted by Gasteiger charge is -2.08. The Labute approximate surface area is 176 Å². The predicted octanol–water partition coefficient (Wildman–Crippen LogP) is 4.92. The first kappa shape index (κ1) is 19.0. The zero-order valence-corrected chi connectivity index (χ0v) is 17.0. The maximum absolute atomic E-state index is 12.1. The van der Waals surface area contributed by atoms with Crippen LogP contribution in [-0.2, 0) is 4.79 Å². The van der Waals surface area contributed by atoms with E-state index in [1.165, 1.54) is 0 Å². The second-order valence-corrected chi connectivity index (χ2v) is 7.25. The number of hydrogen-bond acceptors (Lipinski definition) is 3. The summed E-state index contributed by atoms with van der Waals surface area (Å²) in [5, 5.41) is 6.10. The Morgan fingerprint density at radius 1 is 1.00 bits per heavy atom.